The molecule has 10 heteroatoms. The Morgan fingerprint density at radius 2 is 1.90 bits per heavy atom. The fraction of sp³-hybridized carbons (Fsp3) is 0.300. The second kappa shape index (κ2) is 8.52. The molecule has 0 saturated heterocycles. The van der Waals surface area contributed by atoms with Gasteiger partial charge in [-0.3, -0.25) is 4.79 Å². The molecule has 0 aliphatic rings. The third-order valence-electron chi connectivity index (χ3n) is 4.15. The summed E-state index contributed by atoms with van der Waals surface area (Å²) in [7, 11) is 0. The molecule has 0 unspecified atom stereocenters. The highest BCUT2D eigenvalue weighted by Gasteiger charge is 2.30. The Morgan fingerprint density at radius 1 is 1.13 bits per heavy atom. The molecule has 1 amide bonds. The molecule has 0 bridgehead atoms. The average molecular weight is 419 g/mol. The van der Waals surface area contributed by atoms with E-state index in [2.05, 4.69) is 20.4 Å². The molecule has 0 saturated carbocycles. The molecule has 3 heterocycles. The van der Waals surface area contributed by atoms with Crippen molar-refractivity contribution in [1.29, 1.82) is 0 Å². The van der Waals surface area contributed by atoms with Crippen LogP contribution < -0.4 is 10.1 Å². The number of ether oxygens (including phenoxy) is 1. The van der Waals surface area contributed by atoms with Gasteiger partial charge in [0.15, 0.2) is 5.82 Å². The minimum Gasteiger partial charge on any atom is -0.475 e. The van der Waals surface area contributed by atoms with Crippen molar-refractivity contribution in [3.8, 4) is 11.7 Å². The van der Waals surface area contributed by atoms with Crippen LogP contribution in [-0.2, 0) is 12.7 Å². The van der Waals surface area contributed by atoms with Gasteiger partial charge in [0.25, 0.3) is 5.91 Å². The first kappa shape index (κ1) is 21.3. The lowest BCUT2D eigenvalue weighted by Crippen LogP contribution is -2.23. The number of halogens is 3. The Bertz CT molecular complexity index is 1010. The number of carbonyl (C=O) groups is 1. The SMILES string of the molecule is Cc1c(C(=O)NCc2ccc(OC(C)C)nc2)cnn1-c1ccc(C(F)(F)F)cn1. The van der Waals surface area contributed by atoms with Crippen LogP contribution in [0.2, 0.25) is 0 Å². The first-order valence-electron chi connectivity index (χ1n) is 9.13. The fourth-order valence-electron chi connectivity index (χ4n) is 2.65. The quantitative estimate of drug-likeness (QED) is 0.659. The largest absolute Gasteiger partial charge is 0.475 e. The molecule has 0 aliphatic carbocycles. The molecular weight excluding hydrogens is 399 g/mol. The number of nitrogens with one attached hydrogen (secondary N) is 1. The molecule has 3 aromatic heterocycles. The normalized spacial score (nSPS) is 11.6. The van der Waals surface area contributed by atoms with E-state index in [1.54, 1.807) is 25.3 Å². The van der Waals surface area contributed by atoms with E-state index >= 15 is 0 Å². The second-order valence-corrected chi connectivity index (χ2v) is 6.81. The van der Waals surface area contributed by atoms with E-state index in [9.17, 15) is 18.0 Å². The van der Waals surface area contributed by atoms with Gasteiger partial charge >= 0.3 is 6.18 Å². The number of alkyl halides is 3. The summed E-state index contributed by atoms with van der Waals surface area (Å²) >= 11 is 0. The highest BCUT2D eigenvalue weighted by molar-refractivity contribution is 5.95. The molecular formula is C20H20F3N5O2. The molecule has 0 aromatic carbocycles. The summed E-state index contributed by atoms with van der Waals surface area (Å²) in [6, 6.07) is 5.65. The van der Waals surface area contributed by atoms with Crippen LogP contribution in [0.5, 0.6) is 5.88 Å². The first-order chi connectivity index (χ1) is 14.1. The van der Waals surface area contributed by atoms with Crippen molar-refractivity contribution in [2.45, 2.75) is 39.6 Å². The monoisotopic (exact) mass is 419 g/mol. The smallest absolute Gasteiger partial charge is 0.417 e. The number of aromatic nitrogens is 4. The maximum absolute atomic E-state index is 12.7. The third kappa shape index (κ3) is 4.94. The van der Waals surface area contributed by atoms with Crippen molar-refractivity contribution in [2.75, 3.05) is 0 Å². The summed E-state index contributed by atoms with van der Waals surface area (Å²) in [5.41, 5.74) is 0.685. The lowest BCUT2D eigenvalue weighted by Gasteiger charge is -2.10. The van der Waals surface area contributed by atoms with Gasteiger partial charge < -0.3 is 10.1 Å². The van der Waals surface area contributed by atoms with Crippen LogP contribution in [-0.4, -0.2) is 31.8 Å². The summed E-state index contributed by atoms with van der Waals surface area (Å²) in [6.07, 6.45) is -0.761. The lowest BCUT2D eigenvalue weighted by atomic mass is 10.2. The summed E-state index contributed by atoms with van der Waals surface area (Å²) in [5, 5.41) is 6.84. The summed E-state index contributed by atoms with van der Waals surface area (Å²) in [4.78, 5) is 20.5. The molecule has 0 spiro atoms. The zero-order valence-corrected chi connectivity index (χ0v) is 16.6. The van der Waals surface area contributed by atoms with Gasteiger partial charge in [0.05, 0.1) is 29.1 Å². The molecule has 3 rings (SSSR count). The van der Waals surface area contributed by atoms with Gasteiger partial charge in [-0.05, 0) is 38.5 Å². The average Bonchev–Trinajstić information content (AvgIpc) is 3.07. The zero-order valence-electron chi connectivity index (χ0n) is 16.6. The predicted octanol–water partition coefficient (Wildman–Crippen LogP) is 3.71. The predicted molar refractivity (Wildman–Crippen MR) is 102 cm³/mol. The Hall–Kier alpha value is -3.43. The highest BCUT2D eigenvalue weighted by Crippen LogP contribution is 2.28. The number of rotatable bonds is 6. The van der Waals surface area contributed by atoms with Crippen LogP contribution in [0.15, 0.2) is 42.9 Å². The van der Waals surface area contributed by atoms with Crippen molar-refractivity contribution >= 4 is 5.91 Å². The van der Waals surface area contributed by atoms with E-state index in [4.69, 9.17) is 4.74 Å². The Morgan fingerprint density at radius 3 is 2.47 bits per heavy atom. The zero-order chi connectivity index (χ0) is 21.9. The first-order valence-corrected chi connectivity index (χ1v) is 9.13. The minimum absolute atomic E-state index is 0.0155. The Kier molecular flexibility index (Phi) is 6.04. The van der Waals surface area contributed by atoms with Crippen molar-refractivity contribution in [2.24, 2.45) is 0 Å². The third-order valence-corrected chi connectivity index (χ3v) is 4.15. The number of pyridine rings is 2. The standard InChI is InChI=1S/C20H20F3N5O2/c1-12(2)30-18-7-4-14(8-25-18)9-26-19(29)16-11-27-28(13(16)3)17-6-5-15(10-24-17)20(21,22)23/h4-8,10-12H,9H2,1-3H3,(H,26,29). The van der Waals surface area contributed by atoms with Gasteiger partial charge in [-0.1, -0.05) is 6.07 Å². The minimum atomic E-state index is -4.47. The second-order valence-electron chi connectivity index (χ2n) is 6.81. The van der Waals surface area contributed by atoms with E-state index in [-0.39, 0.29) is 24.4 Å². The van der Waals surface area contributed by atoms with Crippen molar-refractivity contribution in [3.63, 3.8) is 0 Å². The van der Waals surface area contributed by atoms with Gasteiger partial charge in [0.1, 0.15) is 0 Å². The Balaban J connectivity index is 1.67. The summed E-state index contributed by atoms with van der Waals surface area (Å²) in [6.45, 7) is 5.69. The number of nitrogens with zero attached hydrogens (tertiary/aromatic N) is 4. The van der Waals surface area contributed by atoms with Crippen LogP contribution in [0.4, 0.5) is 13.2 Å². The molecule has 158 valence electrons. The van der Waals surface area contributed by atoms with Gasteiger partial charge in [-0.25, -0.2) is 14.6 Å². The highest BCUT2D eigenvalue weighted by atomic mass is 19.4. The van der Waals surface area contributed by atoms with E-state index in [1.807, 2.05) is 13.8 Å². The van der Waals surface area contributed by atoms with Crippen LogP contribution in [0.1, 0.15) is 41.0 Å². The van der Waals surface area contributed by atoms with Crippen LogP contribution >= 0.6 is 0 Å². The van der Waals surface area contributed by atoms with Crippen LogP contribution in [0.25, 0.3) is 5.82 Å². The van der Waals surface area contributed by atoms with E-state index in [0.717, 1.165) is 17.8 Å². The van der Waals surface area contributed by atoms with Gasteiger partial charge in [0, 0.05) is 25.0 Å². The number of hydrogen-bond donors (Lipinski definition) is 1. The summed E-state index contributed by atoms with van der Waals surface area (Å²) < 4.78 is 44.8. The maximum Gasteiger partial charge on any atom is 0.417 e. The molecule has 3 aromatic rings. The maximum atomic E-state index is 12.7. The molecule has 30 heavy (non-hydrogen) atoms. The topological polar surface area (TPSA) is 81.9 Å². The molecule has 7 nitrogen and oxygen atoms in total. The molecule has 0 radical (unpaired) electrons. The van der Waals surface area contributed by atoms with Crippen LogP contribution in [0.3, 0.4) is 0 Å². The number of amides is 1. The summed E-state index contributed by atoms with van der Waals surface area (Å²) in [5.74, 6) is 0.318. The van der Waals surface area contributed by atoms with Gasteiger partial charge in [-0.15, -0.1) is 0 Å². The van der Waals surface area contributed by atoms with Crippen molar-refractivity contribution < 1.29 is 22.7 Å². The van der Waals surface area contributed by atoms with E-state index in [1.165, 1.54) is 16.9 Å². The molecule has 0 aliphatic heterocycles. The van der Waals surface area contributed by atoms with Crippen molar-refractivity contribution in [3.05, 3.63) is 65.2 Å². The number of carbonyl (C=O) groups excluding carboxylic acids is 1. The van der Waals surface area contributed by atoms with Gasteiger partial charge in [-0.2, -0.15) is 18.3 Å². The Labute approximate surface area is 170 Å². The number of hydrogen-bond acceptors (Lipinski definition) is 5. The van der Waals surface area contributed by atoms with E-state index in [0.29, 0.717) is 17.1 Å². The van der Waals surface area contributed by atoms with E-state index < -0.39 is 11.7 Å². The van der Waals surface area contributed by atoms with Gasteiger partial charge in [0.2, 0.25) is 5.88 Å². The van der Waals surface area contributed by atoms with Crippen LogP contribution in [0, 0.1) is 6.92 Å². The molecule has 1 N–H and O–H groups in total. The lowest BCUT2D eigenvalue weighted by molar-refractivity contribution is -0.137. The fourth-order valence-corrected chi connectivity index (χ4v) is 2.65. The molecule has 0 atom stereocenters. The molecule has 0 fully saturated rings. The van der Waals surface area contributed by atoms with Crippen molar-refractivity contribution in [1.82, 2.24) is 25.1 Å².